The van der Waals surface area contributed by atoms with E-state index in [-0.39, 0.29) is 11.4 Å². The predicted molar refractivity (Wildman–Crippen MR) is 69.0 cm³/mol. The van der Waals surface area contributed by atoms with Crippen molar-refractivity contribution in [3.63, 3.8) is 0 Å². The maximum Gasteiger partial charge on any atom is 0.244 e. The van der Waals surface area contributed by atoms with Crippen molar-refractivity contribution in [3.05, 3.63) is 36.0 Å². The lowest BCUT2D eigenvalue weighted by atomic mass is 10.4. The van der Waals surface area contributed by atoms with E-state index in [1.807, 2.05) is 0 Å². The van der Waals surface area contributed by atoms with Gasteiger partial charge in [-0.1, -0.05) is 5.16 Å². The number of aryl methyl sites for hydroxylation is 1. The van der Waals surface area contributed by atoms with Gasteiger partial charge in [0.15, 0.2) is 5.76 Å². The number of pyridine rings is 1. The van der Waals surface area contributed by atoms with Gasteiger partial charge in [-0.05, 0) is 13.0 Å². The van der Waals surface area contributed by atoms with E-state index in [1.54, 1.807) is 26.1 Å². The van der Waals surface area contributed by atoms with Crippen LogP contribution in [0.2, 0.25) is 0 Å². The van der Waals surface area contributed by atoms with E-state index in [2.05, 4.69) is 20.2 Å². The van der Waals surface area contributed by atoms with Gasteiger partial charge in [0.05, 0.1) is 17.9 Å². The summed E-state index contributed by atoms with van der Waals surface area (Å²) in [5.41, 5.74) is 1.18. The molecule has 0 fully saturated rings. The molecule has 19 heavy (non-hydrogen) atoms. The monoisotopic (exact) mass is 282 g/mol. The zero-order valence-electron chi connectivity index (χ0n) is 10.5. The molecule has 0 unspecified atom stereocenters. The highest BCUT2D eigenvalue weighted by molar-refractivity contribution is 7.89. The van der Waals surface area contributed by atoms with E-state index < -0.39 is 10.0 Å². The fourth-order valence-electron chi connectivity index (χ4n) is 1.54. The van der Waals surface area contributed by atoms with Crippen LogP contribution in [-0.2, 0) is 16.6 Å². The molecule has 2 rings (SSSR count). The van der Waals surface area contributed by atoms with Crippen LogP contribution in [0.25, 0.3) is 0 Å². The molecule has 0 bridgehead atoms. The molecule has 8 heteroatoms. The second-order valence-electron chi connectivity index (χ2n) is 3.88. The molecule has 0 aliphatic rings. The van der Waals surface area contributed by atoms with Gasteiger partial charge in [-0.2, -0.15) is 0 Å². The molecular weight excluding hydrogens is 268 g/mol. The van der Waals surface area contributed by atoms with E-state index in [0.29, 0.717) is 17.1 Å². The first kappa shape index (κ1) is 13.5. The number of hydrogen-bond donors (Lipinski definition) is 2. The first-order chi connectivity index (χ1) is 9.03. The SMILES string of the molecule is CNc1ccncc1S(=O)(=O)NCc1cc(C)no1. The molecular formula is C11H14N4O3S. The van der Waals surface area contributed by atoms with Gasteiger partial charge < -0.3 is 9.84 Å². The fourth-order valence-corrected chi connectivity index (χ4v) is 2.69. The summed E-state index contributed by atoms with van der Waals surface area (Å²) < 4.78 is 31.7. The Labute approximate surface area is 111 Å². The Balaban J connectivity index is 2.18. The largest absolute Gasteiger partial charge is 0.387 e. The van der Waals surface area contributed by atoms with Crippen LogP contribution < -0.4 is 10.0 Å². The van der Waals surface area contributed by atoms with Gasteiger partial charge in [-0.3, -0.25) is 4.98 Å². The van der Waals surface area contributed by atoms with Crippen molar-refractivity contribution in [2.45, 2.75) is 18.4 Å². The summed E-state index contributed by atoms with van der Waals surface area (Å²) in [5.74, 6) is 0.455. The third-order valence-electron chi connectivity index (χ3n) is 2.46. The first-order valence-electron chi connectivity index (χ1n) is 5.56. The standard InChI is InChI=1S/C11H14N4O3S/c1-8-5-9(18-15-8)6-14-19(16,17)11-7-13-4-3-10(11)12-2/h3-5,7,14H,6H2,1-2H3,(H,12,13). The van der Waals surface area contributed by atoms with Gasteiger partial charge in [0, 0.05) is 25.5 Å². The molecule has 0 amide bonds. The van der Waals surface area contributed by atoms with E-state index >= 15 is 0 Å². The lowest BCUT2D eigenvalue weighted by Gasteiger charge is -2.09. The predicted octanol–water partition coefficient (Wildman–Crippen LogP) is 0.898. The number of rotatable bonds is 5. The quantitative estimate of drug-likeness (QED) is 0.845. The molecule has 0 saturated heterocycles. The number of aromatic nitrogens is 2. The van der Waals surface area contributed by atoms with Crippen molar-refractivity contribution in [1.82, 2.24) is 14.9 Å². The van der Waals surface area contributed by atoms with Crippen molar-refractivity contribution in [2.24, 2.45) is 0 Å². The Hall–Kier alpha value is -1.93. The van der Waals surface area contributed by atoms with Crippen LogP contribution in [0.4, 0.5) is 5.69 Å². The average Bonchev–Trinajstić information content (AvgIpc) is 2.82. The number of hydrogen-bond acceptors (Lipinski definition) is 6. The Bertz CT molecular complexity index is 666. The number of nitrogens with one attached hydrogen (secondary N) is 2. The topological polar surface area (TPSA) is 97.1 Å². The number of nitrogens with zero attached hydrogens (tertiary/aromatic N) is 2. The summed E-state index contributed by atoms with van der Waals surface area (Å²) in [5, 5.41) is 6.50. The summed E-state index contributed by atoms with van der Waals surface area (Å²) in [6.07, 6.45) is 2.81. The van der Waals surface area contributed by atoms with Crippen LogP contribution in [0.5, 0.6) is 0 Å². The van der Waals surface area contributed by atoms with Crippen LogP contribution in [-0.4, -0.2) is 25.6 Å². The van der Waals surface area contributed by atoms with Crippen LogP contribution in [0.15, 0.2) is 33.9 Å². The van der Waals surface area contributed by atoms with Crippen LogP contribution in [0, 0.1) is 6.92 Å². The van der Waals surface area contributed by atoms with Gasteiger partial charge in [0.1, 0.15) is 4.90 Å². The first-order valence-corrected chi connectivity index (χ1v) is 7.05. The maximum atomic E-state index is 12.1. The lowest BCUT2D eigenvalue weighted by Crippen LogP contribution is -2.24. The Morgan fingerprint density at radius 2 is 2.21 bits per heavy atom. The molecule has 0 saturated carbocycles. The maximum absolute atomic E-state index is 12.1. The highest BCUT2D eigenvalue weighted by atomic mass is 32.2. The van der Waals surface area contributed by atoms with Crippen LogP contribution in [0.1, 0.15) is 11.5 Å². The Kier molecular flexibility index (Phi) is 3.82. The van der Waals surface area contributed by atoms with Crippen molar-refractivity contribution in [3.8, 4) is 0 Å². The summed E-state index contributed by atoms with van der Waals surface area (Å²) >= 11 is 0. The minimum absolute atomic E-state index is 0.0429. The van der Waals surface area contributed by atoms with Crippen molar-refractivity contribution in [1.29, 1.82) is 0 Å². The van der Waals surface area contributed by atoms with Gasteiger partial charge in [0.25, 0.3) is 0 Å². The number of sulfonamides is 1. The summed E-state index contributed by atoms with van der Waals surface area (Å²) in [7, 11) is -2.01. The van der Waals surface area contributed by atoms with Crippen LogP contribution in [0.3, 0.4) is 0 Å². The molecule has 0 aromatic carbocycles. The molecule has 2 N–H and O–H groups in total. The Morgan fingerprint density at radius 3 is 2.84 bits per heavy atom. The van der Waals surface area contributed by atoms with Crippen molar-refractivity contribution in [2.75, 3.05) is 12.4 Å². The third kappa shape index (κ3) is 3.09. The average molecular weight is 282 g/mol. The zero-order valence-corrected chi connectivity index (χ0v) is 11.4. The molecule has 0 aliphatic carbocycles. The van der Waals surface area contributed by atoms with Crippen molar-refractivity contribution >= 4 is 15.7 Å². The fraction of sp³-hybridized carbons (Fsp3) is 0.273. The highest BCUT2D eigenvalue weighted by Crippen LogP contribution is 2.18. The van der Waals surface area contributed by atoms with Crippen LogP contribution >= 0.6 is 0 Å². The normalized spacial score (nSPS) is 11.5. The van der Waals surface area contributed by atoms with E-state index in [1.165, 1.54) is 12.4 Å². The second-order valence-corrected chi connectivity index (χ2v) is 5.62. The lowest BCUT2D eigenvalue weighted by molar-refractivity contribution is 0.377. The smallest absolute Gasteiger partial charge is 0.244 e. The van der Waals surface area contributed by atoms with Gasteiger partial charge in [-0.25, -0.2) is 13.1 Å². The minimum atomic E-state index is -3.65. The van der Waals surface area contributed by atoms with E-state index in [0.717, 1.165) is 0 Å². The molecule has 0 spiro atoms. The molecule has 2 aromatic rings. The molecule has 0 radical (unpaired) electrons. The second kappa shape index (κ2) is 5.37. The molecule has 7 nitrogen and oxygen atoms in total. The molecule has 102 valence electrons. The van der Waals surface area contributed by atoms with E-state index in [4.69, 9.17) is 4.52 Å². The van der Waals surface area contributed by atoms with Gasteiger partial charge >= 0.3 is 0 Å². The number of anilines is 1. The van der Waals surface area contributed by atoms with Gasteiger partial charge in [0.2, 0.25) is 10.0 Å². The summed E-state index contributed by atoms with van der Waals surface area (Å²) in [6.45, 7) is 1.81. The molecule has 2 heterocycles. The Morgan fingerprint density at radius 1 is 1.42 bits per heavy atom. The third-order valence-corrected chi connectivity index (χ3v) is 3.89. The highest BCUT2D eigenvalue weighted by Gasteiger charge is 2.18. The van der Waals surface area contributed by atoms with E-state index in [9.17, 15) is 8.42 Å². The molecule has 0 aliphatic heterocycles. The molecule has 2 aromatic heterocycles. The van der Waals surface area contributed by atoms with Crippen molar-refractivity contribution < 1.29 is 12.9 Å². The summed E-state index contributed by atoms with van der Waals surface area (Å²) in [6, 6.07) is 3.26. The van der Waals surface area contributed by atoms with Gasteiger partial charge in [-0.15, -0.1) is 0 Å². The minimum Gasteiger partial charge on any atom is -0.387 e. The zero-order chi connectivity index (χ0) is 13.9. The summed E-state index contributed by atoms with van der Waals surface area (Å²) in [4.78, 5) is 3.92. The molecule has 0 atom stereocenters.